The van der Waals surface area contributed by atoms with E-state index in [9.17, 15) is 9.59 Å². The summed E-state index contributed by atoms with van der Waals surface area (Å²) in [6.07, 6.45) is 12.6. The highest BCUT2D eigenvalue weighted by atomic mass is 16.5. The third-order valence-electron chi connectivity index (χ3n) is 14.9. The smallest absolute Gasteiger partial charge is 0.235 e. The quantitative estimate of drug-likeness (QED) is 0.149. The molecule has 8 aromatic rings. The average molecular weight is 955 g/mol. The summed E-state index contributed by atoms with van der Waals surface area (Å²) < 4.78 is 13.2. The number of likely N-dealkylation sites (tertiary alicyclic amines) is 2. The van der Waals surface area contributed by atoms with E-state index < -0.39 is 5.92 Å². The highest BCUT2D eigenvalue weighted by Gasteiger charge is 2.42. The Labute approximate surface area is 422 Å². The Bertz CT molecular complexity index is 2970. The number of carbonyl (C=O) groups is 2. The van der Waals surface area contributed by atoms with E-state index in [0.717, 1.165) is 125 Å². The van der Waals surface area contributed by atoms with E-state index in [1.807, 2.05) is 144 Å². The summed E-state index contributed by atoms with van der Waals surface area (Å²) in [7, 11) is 0. The molecule has 0 radical (unpaired) electrons. The van der Waals surface area contributed by atoms with Crippen LogP contribution in [-0.4, -0.2) is 74.0 Å². The van der Waals surface area contributed by atoms with Gasteiger partial charge in [-0.15, -0.1) is 0 Å². The van der Waals surface area contributed by atoms with Crippen LogP contribution < -0.4 is 4.74 Å². The molecule has 11 rings (SSSR count). The van der Waals surface area contributed by atoms with Gasteiger partial charge in [0, 0.05) is 31.7 Å². The Morgan fingerprint density at radius 1 is 0.514 bits per heavy atom. The molecule has 364 valence electrons. The lowest BCUT2D eigenvalue weighted by molar-refractivity contribution is -0.134. The first-order valence-corrected chi connectivity index (χ1v) is 26.0. The SMILES string of the molecule is O=C(C(c1ccccc1)c1ccccc1)N1CCC[C@H]1c1ncc(-c2ccc(-c3ccc4c(c3)OCCCCCCCCO[C@H]3C[C@@H](c5ncc-4[nH]5)N(C(=O)C(c4ccccc4)c4ccccc4)C3)cc2)[nH]1. The molecule has 0 unspecified atom stereocenters. The zero-order chi connectivity index (χ0) is 48.6. The van der Waals surface area contributed by atoms with Gasteiger partial charge in [0.2, 0.25) is 11.8 Å². The molecule has 3 atom stereocenters. The summed E-state index contributed by atoms with van der Waals surface area (Å²) in [5.41, 5.74) is 9.71. The second-order valence-electron chi connectivity index (χ2n) is 19.6. The molecular weight excluding hydrogens is 893 g/mol. The standard InChI is InChI=1S/C62H62N6O4/c69-61(57(45-20-9-5-10-21-45)46-22-11-6-12-23-46)67-35-19-28-54(67)59-63-40-52(65-59)44-31-29-43(30-32-44)49-33-34-51-53-41-64-60(66-53)55-39-50(71-36-17-3-1-2-4-18-37-72-56(51)38-49)42-68(55)62(70)58(47-24-13-7-14-25-47)48-26-15-8-16-27-48/h5-16,20-27,29-34,38,40-41,50,54-55,57-58H,1-4,17-19,28,35-37,39,42H2,(H,63,65)(H,64,66)/t50-,54-,55-/m0/s1. The number of imidazole rings is 2. The molecule has 0 spiro atoms. The third kappa shape index (κ3) is 10.1. The third-order valence-corrected chi connectivity index (χ3v) is 14.9. The van der Waals surface area contributed by atoms with Gasteiger partial charge in [0.15, 0.2) is 0 Å². The van der Waals surface area contributed by atoms with Gasteiger partial charge in [-0.3, -0.25) is 9.59 Å². The molecule has 4 bridgehead atoms. The molecule has 10 nitrogen and oxygen atoms in total. The minimum absolute atomic E-state index is 0.0448. The Kier molecular flexibility index (Phi) is 14.2. The number of fused-ring (bicyclic) bond motifs is 7. The van der Waals surface area contributed by atoms with E-state index in [2.05, 4.69) is 52.4 Å². The molecule has 0 aliphatic carbocycles. The van der Waals surface area contributed by atoms with Crippen molar-refractivity contribution in [3.8, 4) is 39.4 Å². The predicted molar refractivity (Wildman–Crippen MR) is 282 cm³/mol. The van der Waals surface area contributed by atoms with E-state index in [1.54, 1.807) is 0 Å². The van der Waals surface area contributed by atoms with Crippen molar-refractivity contribution < 1.29 is 19.1 Å². The second-order valence-corrected chi connectivity index (χ2v) is 19.6. The Hall–Kier alpha value is -7.56. The van der Waals surface area contributed by atoms with Gasteiger partial charge in [-0.2, -0.15) is 0 Å². The van der Waals surface area contributed by atoms with Crippen LogP contribution in [0.4, 0.5) is 0 Å². The van der Waals surface area contributed by atoms with Gasteiger partial charge in [0.1, 0.15) is 17.4 Å². The van der Waals surface area contributed by atoms with E-state index in [0.29, 0.717) is 32.7 Å². The maximum absolute atomic E-state index is 15.0. The van der Waals surface area contributed by atoms with Crippen LogP contribution in [0.5, 0.6) is 5.75 Å². The fourth-order valence-corrected chi connectivity index (χ4v) is 11.1. The molecule has 6 aromatic carbocycles. The summed E-state index contributed by atoms with van der Waals surface area (Å²) in [6, 6.07) is 54.9. The normalized spacial score (nSPS) is 18.6. The van der Waals surface area contributed by atoms with Crippen molar-refractivity contribution in [1.29, 1.82) is 0 Å². The van der Waals surface area contributed by atoms with Crippen LogP contribution >= 0.6 is 0 Å². The second kappa shape index (κ2) is 21.8. The summed E-state index contributed by atoms with van der Waals surface area (Å²) >= 11 is 0. The van der Waals surface area contributed by atoms with Crippen molar-refractivity contribution in [2.75, 3.05) is 26.3 Å². The zero-order valence-electron chi connectivity index (χ0n) is 40.7. The van der Waals surface area contributed by atoms with Gasteiger partial charge >= 0.3 is 0 Å². The number of nitrogens with one attached hydrogen (secondary N) is 2. The molecule has 2 amide bonds. The maximum atomic E-state index is 15.0. The van der Waals surface area contributed by atoms with Crippen molar-refractivity contribution >= 4 is 11.8 Å². The topological polar surface area (TPSA) is 116 Å². The molecule has 0 saturated carbocycles. The molecule has 2 aromatic heterocycles. The van der Waals surface area contributed by atoms with Crippen LogP contribution in [0.15, 0.2) is 176 Å². The first-order chi connectivity index (χ1) is 35.6. The van der Waals surface area contributed by atoms with E-state index in [1.165, 1.54) is 0 Å². The van der Waals surface area contributed by atoms with Gasteiger partial charge in [0.05, 0.1) is 60.4 Å². The van der Waals surface area contributed by atoms with E-state index in [-0.39, 0.29) is 35.9 Å². The molecule has 3 aliphatic rings. The Balaban J connectivity index is 0.843. The number of nitrogens with zero attached hydrogens (tertiary/aromatic N) is 4. The van der Waals surface area contributed by atoms with Crippen LogP contribution in [0.2, 0.25) is 0 Å². The van der Waals surface area contributed by atoms with Crippen molar-refractivity contribution in [3.63, 3.8) is 0 Å². The van der Waals surface area contributed by atoms with E-state index in [4.69, 9.17) is 19.4 Å². The minimum Gasteiger partial charge on any atom is -0.493 e. The summed E-state index contributed by atoms with van der Waals surface area (Å²) in [5, 5.41) is 0. The number of benzene rings is 6. The number of rotatable bonds is 9. The monoisotopic (exact) mass is 954 g/mol. The highest BCUT2D eigenvalue weighted by molar-refractivity contribution is 5.89. The van der Waals surface area contributed by atoms with Gasteiger partial charge in [-0.05, 0) is 76.8 Å². The predicted octanol–water partition coefficient (Wildman–Crippen LogP) is 12.9. The van der Waals surface area contributed by atoms with Crippen molar-refractivity contribution in [1.82, 2.24) is 29.7 Å². The first-order valence-electron chi connectivity index (χ1n) is 26.0. The molecule has 5 heterocycles. The molecular formula is C62H62N6O4. The highest BCUT2D eigenvalue weighted by Crippen LogP contribution is 2.41. The molecule has 10 heteroatoms. The zero-order valence-corrected chi connectivity index (χ0v) is 40.7. The lowest BCUT2D eigenvalue weighted by Gasteiger charge is -2.28. The van der Waals surface area contributed by atoms with Crippen LogP contribution in [0.3, 0.4) is 0 Å². The fourth-order valence-electron chi connectivity index (χ4n) is 11.1. The molecule has 2 N–H and O–H groups in total. The summed E-state index contributed by atoms with van der Waals surface area (Å²) in [4.78, 5) is 50.6. The van der Waals surface area contributed by atoms with E-state index >= 15 is 0 Å². The van der Waals surface area contributed by atoms with Gasteiger partial charge < -0.3 is 29.2 Å². The summed E-state index contributed by atoms with van der Waals surface area (Å²) in [5.74, 6) is 1.65. The number of hydrogen-bond acceptors (Lipinski definition) is 6. The van der Waals surface area contributed by atoms with Crippen LogP contribution in [0.1, 0.15) is 116 Å². The number of amides is 2. The number of H-pyrrole nitrogens is 2. The summed E-state index contributed by atoms with van der Waals surface area (Å²) in [6.45, 7) is 2.49. The fraction of sp³-hybridized carbons (Fsp3) is 0.290. The largest absolute Gasteiger partial charge is 0.493 e. The molecule has 2 saturated heterocycles. The van der Waals surface area contributed by atoms with Crippen molar-refractivity contribution in [2.24, 2.45) is 0 Å². The average Bonchev–Trinajstić information content (AvgIpc) is 4.28. The number of carbonyl (C=O) groups excluding carboxylic acids is 2. The Morgan fingerprint density at radius 3 is 1.62 bits per heavy atom. The van der Waals surface area contributed by atoms with Crippen molar-refractivity contribution in [3.05, 3.63) is 210 Å². The van der Waals surface area contributed by atoms with Crippen LogP contribution in [-0.2, 0) is 14.3 Å². The number of ether oxygens (including phenoxy) is 2. The van der Waals surface area contributed by atoms with Gasteiger partial charge in [-0.25, -0.2) is 9.97 Å². The number of aromatic nitrogens is 4. The van der Waals surface area contributed by atoms with Crippen LogP contribution in [0.25, 0.3) is 33.6 Å². The number of hydrogen-bond donors (Lipinski definition) is 2. The lowest BCUT2D eigenvalue weighted by Crippen LogP contribution is -2.36. The van der Waals surface area contributed by atoms with Crippen molar-refractivity contribution in [2.45, 2.75) is 87.8 Å². The molecule has 3 aliphatic heterocycles. The molecule has 2 fully saturated rings. The minimum atomic E-state index is -0.456. The lowest BCUT2D eigenvalue weighted by atomic mass is 9.90. The Morgan fingerprint density at radius 2 is 1.01 bits per heavy atom. The first kappa shape index (κ1) is 46.8. The molecule has 72 heavy (non-hydrogen) atoms. The number of aromatic amines is 2. The van der Waals surface area contributed by atoms with Crippen LogP contribution in [0, 0.1) is 0 Å². The maximum Gasteiger partial charge on any atom is 0.235 e. The van der Waals surface area contributed by atoms with Gasteiger partial charge in [0.25, 0.3) is 0 Å². The van der Waals surface area contributed by atoms with Gasteiger partial charge in [-0.1, -0.05) is 177 Å².